The lowest BCUT2D eigenvalue weighted by Crippen LogP contribution is -2.36. The molecule has 0 spiro atoms. The van der Waals surface area contributed by atoms with E-state index in [4.69, 9.17) is 0 Å². The number of hydrogen-bond acceptors (Lipinski definition) is 4. The maximum atomic E-state index is 12.7. The Bertz CT molecular complexity index is 1200. The second-order valence-electron chi connectivity index (χ2n) is 7.32. The molecule has 10 heteroatoms. The fourth-order valence-corrected chi connectivity index (χ4v) is 3.07. The Kier molecular flexibility index (Phi) is 6.61. The van der Waals surface area contributed by atoms with Crippen molar-refractivity contribution in [3.8, 4) is 0 Å². The van der Waals surface area contributed by atoms with Crippen LogP contribution in [0.1, 0.15) is 46.3 Å². The minimum absolute atomic E-state index is 0.0490. The molecule has 3 rings (SSSR count). The summed E-state index contributed by atoms with van der Waals surface area (Å²) in [6, 6.07) is 10.2. The van der Waals surface area contributed by atoms with E-state index in [1.54, 1.807) is 38.1 Å². The van der Waals surface area contributed by atoms with Gasteiger partial charge in [0.1, 0.15) is 0 Å². The summed E-state index contributed by atoms with van der Waals surface area (Å²) in [6.07, 6.45) is -4.48. The molecule has 0 saturated carbocycles. The van der Waals surface area contributed by atoms with Gasteiger partial charge in [-0.25, -0.2) is 4.68 Å². The number of rotatable bonds is 6. The SMILES string of the molecule is CC(C)n1nc(C(=O)NCCNC(=O)c2ccc(C(F)(F)F)cc2)c2ccccc2c1=O. The highest BCUT2D eigenvalue weighted by atomic mass is 19.4. The van der Waals surface area contributed by atoms with Gasteiger partial charge in [0.05, 0.1) is 17.0 Å². The molecule has 2 N–H and O–H groups in total. The zero-order chi connectivity index (χ0) is 23.5. The van der Waals surface area contributed by atoms with E-state index in [0.717, 1.165) is 24.3 Å². The monoisotopic (exact) mass is 446 g/mol. The van der Waals surface area contributed by atoms with Crippen LogP contribution < -0.4 is 16.2 Å². The van der Waals surface area contributed by atoms with E-state index in [0.29, 0.717) is 10.8 Å². The highest BCUT2D eigenvalue weighted by Gasteiger charge is 2.30. The zero-order valence-corrected chi connectivity index (χ0v) is 17.4. The van der Waals surface area contributed by atoms with Crippen molar-refractivity contribution in [2.75, 3.05) is 13.1 Å². The number of aromatic nitrogens is 2. The van der Waals surface area contributed by atoms with Gasteiger partial charge in [0.2, 0.25) is 0 Å². The van der Waals surface area contributed by atoms with Gasteiger partial charge >= 0.3 is 6.18 Å². The van der Waals surface area contributed by atoms with E-state index in [-0.39, 0.29) is 35.9 Å². The van der Waals surface area contributed by atoms with Crippen LogP contribution in [-0.4, -0.2) is 34.7 Å². The molecule has 0 radical (unpaired) electrons. The molecule has 0 bridgehead atoms. The first-order chi connectivity index (χ1) is 15.1. The van der Waals surface area contributed by atoms with E-state index in [9.17, 15) is 27.6 Å². The van der Waals surface area contributed by atoms with Crippen LogP contribution in [0.2, 0.25) is 0 Å². The minimum Gasteiger partial charge on any atom is -0.350 e. The number of benzene rings is 2. The van der Waals surface area contributed by atoms with Crippen LogP contribution in [0.4, 0.5) is 13.2 Å². The van der Waals surface area contributed by atoms with Crippen LogP contribution in [0.3, 0.4) is 0 Å². The average Bonchev–Trinajstić information content (AvgIpc) is 2.76. The number of halogens is 3. The van der Waals surface area contributed by atoms with E-state index in [1.807, 2.05) is 0 Å². The molecule has 7 nitrogen and oxygen atoms in total. The summed E-state index contributed by atoms with van der Waals surface area (Å²) >= 11 is 0. The number of nitrogens with one attached hydrogen (secondary N) is 2. The molecule has 0 aliphatic heterocycles. The molecule has 0 aliphatic carbocycles. The van der Waals surface area contributed by atoms with Crippen LogP contribution in [0.15, 0.2) is 53.3 Å². The van der Waals surface area contributed by atoms with Crippen LogP contribution in [-0.2, 0) is 6.18 Å². The molecular weight excluding hydrogens is 425 g/mol. The average molecular weight is 446 g/mol. The van der Waals surface area contributed by atoms with Gasteiger partial charge in [0, 0.05) is 24.0 Å². The Balaban J connectivity index is 1.64. The molecule has 2 aromatic carbocycles. The van der Waals surface area contributed by atoms with E-state index >= 15 is 0 Å². The number of amides is 2. The van der Waals surface area contributed by atoms with Gasteiger partial charge in [0.25, 0.3) is 17.4 Å². The van der Waals surface area contributed by atoms with Crippen LogP contribution in [0.25, 0.3) is 10.8 Å². The third kappa shape index (κ3) is 4.96. The van der Waals surface area contributed by atoms with Crippen molar-refractivity contribution >= 4 is 22.6 Å². The third-order valence-corrected chi connectivity index (χ3v) is 4.70. The van der Waals surface area contributed by atoms with Gasteiger partial charge in [-0.3, -0.25) is 14.4 Å². The number of alkyl halides is 3. The van der Waals surface area contributed by atoms with Gasteiger partial charge in [-0.05, 0) is 44.2 Å². The summed E-state index contributed by atoms with van der Waals surface area (Å²) in [5, 5.41) is 10.2. The predicted molar refractivity (Wildman–Crippen MR) is 112 cm³/mol. The van der Waals surface area contributed by atoms with Gasteiger partial charge in [-0.1, -0.05) is 18.2 Å². The van der Waals surface area contributed by atoms with Gasteiger partial charge in [-0.2, -0.15) is 18.3 Å². The summed E-state index contributed by atoms with van der Waals surface area (Å²) in [6.45, 7) is 3.67. The lowest BCUT2D eigenvalue weighted by Gasteiger charge is -2.13. The Morgan fingerprint density at radius 3 is 2.06 bits per heavy atom. The standard InChI is InChI=1S/C22H21F3N4O3/c1-13(2)29-21(32)17-6-4-3-5-16(17)18(28-29)20(31)27-12-11-26-19(30)14-7-9-15(10-8-14)22(23,24)25/h3-10,13H,11-12H2,1-2H3,(H,26,30)(H,27,31). The second-order valence-corrected chi connectivity index (χ2v) is 7.32. The highest BCUT2D eigenvalue weighted by molar-refractivity contribution is 6.04. The molecule has 0 aliphatic rings. The normalized spacial score (nSPS) is 11.6. The topological polar surface area (TPSA) is 93.1 Å². The Morgan fingerprint density at radius 2 is 1.50 bits per heavy atom. The number of carbonyl (C=O) groups is 2. The minimum atomic E-state index is -4.48. The first-order valence-corrected chi connectivity index (χ1v) is 9.85. The zero-order valence-electron chi connectivity index (χ0n) is 17.4. The number of nitrogens with zero attached hydrogens (tertiary/aromatic N) is 2. The van der Waals surface area contributed by atoms with Crippen molar-refractivity contribution in [2.45, 2.75) is 26.1 Å². The quantitative estimate of drug-likeness (QED) is 0.569. The molecule has 0 atom stereocenters. The lowest BCUT2D eigenvalue weighted by atomic mass is 10.1. The van der Waals surface area contributed by atoms with E-state index in [2.05, 4.69) is 15.7 Å². The highest BCUT2D eigenvalue weighted by Crippen LogP contribution is 2.29. The summed E-state index contributed by atoms with van der Waals surface area (Å²) in [7, 11) is 0. The molecule has 3 aromatic rings. The molecule has 1 aromatic heterocycles. The Labute approximate surface area is 181 Å². The Hall–Kier alpha value is -3.69. The van der Waals surface area contributed by atoms with Crippen molar-refractivity contribution < 1.29 is 22.8 Å². The summed E-state index contributed by atoms with van der Waals surface area (Å²) in [5.74, 6) is -1.08. The molecule has 1 heterocycles. The summed E-state index contributed by atoms with van der Waals surface area (Å²) in [5.41, 5.74) is -0.983. The van der Waals surface area contributed by atoms with Crippen LogP contribution >= 0.6 is 0 Å². The van der Waals surface area contributed by atoms with Crippen molar-refractivity contribution in [1.29, 1.82) is 0 Å². The van der Waals surface area contributed by atoms with Crippen molar-refractivity contribution in [1.82, 2.24) is 20.4 Å². The largest absolute Gasteiger partial charge is 0.416 e. The number of fused-ring (bicyclic) bond motifs is 1. The van der Waals surface area contributed by atoms with Gasteiger partial charge < -0.3 is 10.6 Å². The summed E-state index contributed by atoms with van der Waals surface area (Å²) < 4.78 is 39.1. The molecule has 0 unspecified atom stereocenters. The fraction of sp³-hybridized carbons (Fsp3) is 0.273. The number of carbonyl (C=O) groups excluding carboxylic acids is 2. The molecule has 0 fully saturated rings. The Morgan fingerprint density at radius 1 is 0.938 bits per heavy atom. The molecule has 0 saturated heterocycles. The first-order valence-electron chi connectivity index (χ1n) is 9.85. The van der Waals surface area contributed by atoms with E-state index in [1.165, 1.54) is 4.68 Å². The summed E-state index contributed by atoms with van der Waals surface area (Å²) in [4.78, 5) is 37.3. The smallest absolute Gasteiger partial charge is 0.350 e. The second kappa shape index (κ2) is 9.21. The maximum Gasteiger partial charge on any atom is 0.416 e. The molecule has 2 amide bonds. The molecule has 168 valence electrons. The molecular formula is C22H21F3N4O3. The third-order valence-electron chi connectivity index (χ3n) is 4.70. The van der Waals surface area contributed by atoms with Crippen LogP contribution in [0, 0.1) is 0 Å². The van der Waals surface area contributed by atoms with Crippen molar-refractivity contribution in [3.05, 3.63) is 75.7 Å². The predicted octanol–water partition coefficient (Wildman–Crippen LogP) is 3.16. The number of hydrogen-bond donors (Lipinski definition) is 2. The van der Waals surface area contributed by atoms with Gasteiger partial charge in [-0.15, -0.1) is 0 Å². The van der Waals surface area contributed by atoms with Crippen molar-refractivity contribution in [2.24, 2.45) is 0 Å². The maximum absolute atomic E-state index is 12.7. The van der Waals surface area contributed by atoms with Crippen LogP contribution in [0.5, 0.6) is 0 Å². The molecule has 32 heavy (non-hydrogen) atoms. The lowest BCUT2D eigenvalue weighted by molar-refractivity contribution is -0.137. The van der Waals surface area contributed by atoms with Gasteiger partial charge in [0.15, 0.2) is 5.69 Å². The van der Waals surface area contributed by atoms with Crippen molar-refractivity contribution in [3.63, 3.8) is 0 Å². The van der Waals surface area contributed by atoms with E-state index < -0.39 is 23.6 Å². The first kappa shape index (κ1) is 23.0. The fourth-order valence-electron chi connectivity index (χ4n) is 3.07.